The number of methoxy groups -OCH3 is 1. The van der Waals surface area contributed by atoms with Crippen LogP contribution in [0.25, 0.3) is 0 Å². The van der Waals surface area contributed by atoms with Crippen molar-refractivity contribution in [2.24, 2.45) is 0 Å². The van der Waals surface area contributed by atoms with Gasteiger partial charge in [0, 0.05) is 5.69 Å². The molecular weight excluding hydrogens is 260 g/mol. The van der Waals surface area contributed by atoms with Crippen LogP contribution in [-0.2, 0) is 14.3 Å². The van der Waals surface area contributed by atoms with Crippen molar-refractivity contribution in [3.8, 4) is 0 Å². The van der Waals surface area contributed by atoms with Crippen LogP contribution in [0.15, 0.2) is 24.3 Å². The summed E-state index contributed by atoms with van der Waals surface area (Å²) in [4.78, 5) is 23.6. The van der Waals surface area contributed by atoms with Crippen molar-refractivity contribution in [3.05, 3.63) is 29.8 Å². The summed E-state index contributed by atoms with van der Waals surface area (Å²) in [5.41, 5.74) is 6.04. The molecule has 110 valence electrons. The van der Waals surface area contributed by atoms with E-state index in [4.69, 9.17) is 10.5 Å². The lowest BCUT2D eigenvalue weighted by Gasteiger charge is -2.22. The highest BCUT2D eigenvalue weighted by atomic mass is 16.6. The maximum absolute atomic E-state index is 11.8. The number of amides is 1. The van der Waals surface area contributed by atoms with Crippen molar-refractivity contribution >= 4 is 17.7 Å². The maximum Gasteiger partial charge on any atom is 0.408 e. The molecule has 0 saturated heterocycles. The number of hydrogen-bond donors (Lipinski definition) is 2. The number of benzene rings is 1. The van der Waals surface area contributed by atoms with Gasteiger partial charge in [-0.1, -0.05) is 12.1 Å². The predicted octanol–water partition coefficient (Wildman–Crippen LogP) is 2.01. The summed E-state index contributed by atoms with van der Waals surface area (Å²) < 4.78 is 9.81. The first-order valence-corrected chi connectivity index (χ1v) is 6.15. The molecule has 0 fully saturated rings. The van der Waals surface area contributed by atoms with E-state index in [0.717, 1.165) is 0 Å². The number of hydrogen-bond acceptors (Lipinski definition) is 5. The number of carbonyl (C=O) groups excluding carboxylic acids is 2. The Labute approximate surface area is 118 Å². The zero-order chi connectivity index (χ0) is 15.3. The van der Waals surface area contributed by atoms with Crippen molar-refractivity contribution in [1.29, 1.82) is 0 Å². The monoisotopic (exact) mass is 280 g/mol. The van der Waals surface area contributed by atoms with Crippen LogP contribution in [0.2, 0.25) is 0 Å². The zero-order valence-electron chi connectivity index (χ0n) is 12.1. The Balaban J connectivity index is 2.91. The highest BCUT2D eigenvalue weighted by molar-refractivity contribution is 5.83. The highest BCUT2D eigenvalue weighted by Gasteiger charge is 2.26. The Bertz CT molecular complexity index is 494. The molecule has 3 N–H and O–H groups in total. The summed E-state index contributed by atoms with van der Waals surface area (Å²) in [6, 6.07) is 5.69. The van der Waals surface area contributed by atoms with Crippen LogP contribution in [0.5, 0.6) is 0 Å². The molecule has 1 aromatic carbocycles. The molecule has 0 unspecified atom stereocenters. The SMILES string of the molecule is COC(=O)[C@H](NC(=O)OC(C)(C)C)c1cccc(N)c1. The number of ether oxygens (including phenoxy) is 2. The largest absolute Gasteiger partial charge is 0.467 e. The number of carbonyl (C=O) groups is 2. The molecular formula is C14H20N2O4. The molecule has 1 atom stereocenters. The van der Waals surface area contributed by atoms with Gasteiger partial charge >= 0.3 is 12.1 Å². The van der Waals surface area contributed by atoms with E-state index in [1.807, 2.05) is 0 Å². The number of nitrogen functional groups attached to an aromatic ring is 1. The standard InChI is InChI=1S/C14H20N2O4/c1-14(2,3)20-13(18)16-11(12(17)19-4)9-6-5-7-10(15)8-9/h5-8,11H,15H2,1-4H3,(H,16,18)/t11-/m1/s1. The summed E-state index contributed by atoms with van der Waals surface area (Å²) in [5, 5.41) is 2.48. The lowest BCUT2D eigenvalue weighted by atomic mass is 10.1. The van der Waals surface area contributed by atoms with Crippen molar-refractivity contribution in [2.45, 2.75) is 32.4 Å². The Morgan fingerprint density at radius 2 is 1.95 bits per heavy atom. The van der Waals surface area contributed by atoms with Gasteiger partial charge in [0.25, 0.3) is 0 Å². The van der Waals surface area contributed by atoms with Gasteiger partial charge in [-0.15, -0.1) is 0 Å². The summed E-state index contributed by atoms with van der Waals surface area (Å²) in [6.07, 6.45) is -0.699. The smallest absolute Gasteiger partial charge is 0.408 e. The highest BCUT2D eigenvalue weighted by Crippen LogP contribution is 2.18. The average Bonchev–Trinajstić information content (AvgIpc) is 2.33. The number of alkyl carbamates (subject to hydrolysis) is 1. The average molecular weight is 280 g/mol. The third-order valence-corrected chi connectivity index (χ3v) is 2.34. The molecule has 1 aromatic rings. The van der Waals surface area contributed by atoms with E-state index < -0.39 is 23.7 Å². The van der Waals surface area contributed by atoms with E-state index in [0.29, 0.717) is 11.3 Å². The van der Waals surface area contributed by atoms with Gasteiger partial charge in [0.1, 0.15) is 5.60 Å². The fourth-order valence-corrected chi connectivity index (χ4v) is 1.56. The van der Waals surface area contributed by atoms with E-state index in [2.05, 4.69) is 10.1 Å². The van der Waals surface area contributed by atoms with Crippen LogP contribution < -0.4 is 11.1 Å². The van der Waals surface area contributed by atoms with Crippen molar-refractivity contribution in [1.82, 2.24) is 5.32 Å². The van der Waals surface area contributed by atoms with Crippen LogP contribution >= 0.6 is 0 Å². The molecule has 20 heavy (non-hydrogen) atoms. The first-order chi connectivity index (χ1) is 9.23. The molecule has 0 heterocycles. The number of anilines is 1. The minimum Gasteiger partial charge on any atom is -0.467 e. The molecule has 0 radical (unpaired) electrons. The number of esters is 1. The van der Waals surface area contributed by atoms with Crippen LogP contribution in [-0.4, -0.2) is 24.8 Å². The van der Waals surface area contributed by atoms with E-state index in [9.17, 15) is 9.59 Å². The van der Waals surface area contributed by atoms with Crippen LogP contribution in [0, 0.1) is 0 Å². The quantitative estimate of drug-likeness (QED) is 0.653. The molecule has 0 aliphatic heterocycles. The molecule has 0 saturated carbocycles. The van der Waals surface area contributed by atoms with Gasteiger partial charge in [-0.25, -0.2) is 9.59 Å². The number of rotatable bonds is 3. The molecule has 1 rings (SSSR count). The lowest BCUT2D eigenvalue weighted by molar-refractivity contribution is -0.143. The Kier molecular flexibility index (Phi) is 4.96. The molecule has 6 heteroatoms. The van der Waals surface area contributed by atoms with Crippen molar-refractivity contribution in [2.75, 3.05) is 12.8 Å². The maximum atomic E-state index is 11.8. The van der Waals surface area contributed by atoms with E-state index >= 15 is 0 Å². The molecule has 0 bridgehead atoms. The van der Waals surface area contributed by atoms with Gasteiger partial charge in [-0.3, -0.25) is 0 Å². The summed E-state index contributed by atoms with van der Waals surface area (Å²) in [7, 11) is 1.25. The van der Waals surface area contributed by atoms with Crippen LogP contribution in [0.1, 0.15) is 32.4 Å². The summed E-state index contributed by atoms with van der Waals surface area (Å²) in [5.74, 6) is -0.596. The zero-order valence-corrected chi connectivity index (χ0v) is 12.1. The normalized spacial score (nSPS) is 12.4. The Morgan fingerprint density at radius 3 is 2.45 bits per heavy atom. The van der Waals surface area contributed by atoms with Gasteiger partial charge in [0.2, 0.25) is 0 Å². The predicted molar refractivity (Wildman–Crippen MR) is 75.0 cm³/mol. The van der Waals surface area contributed by atoms with Gasteiger partial charge in [0.05, 0.1) is 7.11 Å². The summed E-state index contributed by atoms with van der Waals surface area (Å²) in [6.45, 7) is 5.21. The number of nitrogens with two attached hydrogens (primary N) is 1. The molecule has 0 aromatic heterocycles. The third kappa shape index (κ3) is 4.79. The van der Waals surface area contributed by atoms with Gasteiger partial charge < -0.3 is 20.5 Å². The molecule has 0 aliphatic carbocycles. The lowest BCUT2D eigenvalue weighted by Crippen LogP contribution is -2.38. The van der Waals surface area contributed by atoms with Crippen molar-refractivity contribution in [3.63, 3.8) is 0 Å². The second-order valence-electron chi connectivity index (χ2n) is 5.27. The van der Waals surface area contributed by atoms with E-state index in [1.165, 1.54) is 7.11 Å². The Morgan fingerprint density at radius 1 is 1.30 bits per heavy atom. The van der Waals surface area contributed by atoms with Crippen LogP contribution in [0.3, 0.4) is 0 Å². The topological polar surface area (TPSA) is 90.6 Å². The van der Waals surface area contributed by atoms with Crippen molar-refractivity contribution < 1.29 is 19.1 Å². The van der Waals surface area contributed by atoms with E-state index in [-0.39, 0.29) is 0 Å². The minimum absolute atomic E-state index is 0.488. The first-order valence-electron chi connectivity index (χ1n) is 6.15. The fraction of sp³-hybridized carbons (Fsp3) is 0.429. The molecule has 1 amide bonds. The van der Waals surface area contributed by atoms with E-state index in [1.54, 1.807) is 45.0 Å². The number of nitrogens with one attached hydrogen (secondary N) is 1. The van der Waals surface area contributed by atoms with Gasteiger partial charge in [-0.05, 0) is 38.5 Å². The Hall–Kier alpha value is -2.24. The molecule has 6 nitrogen and oxygen atoms in total. The second-order valence-corrected chi connectivity index (χ2v) is 5.27. The second kappa shape index (κ2) is 6.27. The molecule has 0 aliphatic rings. The van der Waals surface area contributed by atoms with Crippen LogP contribution in [0.4, 0.5) is 10.5 Å². The first kappa shape index (κ1) is 15.8. The minimum atomic E-state index is -0.960. The summed E-state index contributed by atoms with van der Waals surface area (Å²) >= 11 is 0. The third-order valence-electron chi connectivity index (χ3n) is 2.34. The van der Waals surface area contributed by atoms with Gasteiger partial charge in [-0.2, -0.15) is 0 Å². The fourth-order valence-electron chi connectivity index (χ4n) is 1.56. The molecule has 0 spiro atoms. The van der Waals surface area contributed by atoms with Gasteiger partial charge in [0.15, 0.2) is 6.04 Å².